The van der Waals surface area contributed by atoms with Crippen molar-refractivity contribution in [2.75, 3.05) is 19.8 Å². The summed E-state index contributed by atoms with van der Waals surface area (Å²) in [6.07, 6.45) is 18.5. The largest absolute Gasteiger partial charge is 0.493 e. The molecule has 3 rings (SSSR count). The number of unbranched alkanes of at least 4 members (excludes halogenated alkanes) is 11. The first-order chi connectivity index (χ1) is 20.1. The summed E-state index contributed by atoms with van der Waals surface area (Å²) >= 11 is 0. The Balaban J connectivity index is 1.84. The van der Waals surface area contributed by atoms with Crippen molar-refractivity contribution in [2.24, 2.45) is 5.92 Å². The fourth-order valence-electron chi connectivity index (χ4n) is 5.88. The number of carbonyl (C=O) groups excluding carboxylic acids is 2. The van der Waals surface area contributed by atoms with Crippen LogP contribution in [0.5, 0.6) is 11.5 Å². The molecule has 1 aliphatic rings. The molecular weight excluding hydrogens is 510 g/mol. The van der Waals surface area contributed by atoms with Crippen LogP contribution in [0.15, 0.2) is 24.3 Å². The summed E-state index contributed by atoms with van der Waals surface area (Å²) in [4.78, 5) is 29.0. The maximum atomic E-state index is 13.8. The number of rotatable bonds is 22. The predicted octanol–water partition coefficient (Wildman–Crippen LogP) is 10.1. The van der Waals surface area contributed by atoms with Gasteiger partial charge in [-0.15, -0.1) is 0 Å². The Labute approximate surface area is 249 Å². The molecule has 0 fully saturated rings. The summed E-state index contributed by atoms with van der Waals surface area (Å²) < 4.78 is 12.6. The second kappa shape index (κ2) is 18.1. The van der Waals surface area contributed by atoms with Gasteiger partial charge in [0.25, 0.3) is 11.8 Å². The maximum absolute atomic E-state index is 13.8. The van der Waals surface area contributed by atoms with Gasteiger partial charge in [0.2, 0.25) is 0 Å². The number of benzene rings is 2. The van der Waals surface area contributed by atoms with Crippen LogP contribution in [0.1, 0.15) is 151 Å². The molecule has 5 nitrogen and oxygen atoms in total. The zero-order valence-corrected chi connectivity index (χ0v) is 26.4. The van der Waals surface area contributed by atoms with Crippen LogP contribution in [0.3, 0.4) is 0 Å². The van der Waals surface area contributed by atoms with Gasteiger partial charge in [-0.1, -0.05) is 111 Å². The molecule has 1 atom stereocenters. The molecule has 0 saturated carbocycles. The molecule has 2 amide bonds. The van der Waals surface area contributed by atoms with Gasteiger partial charge in [-0.05, 0) is 49.4 Å². The van der Waals surface area contributed by atoms with Crippen molar-refractivity contribution in [1.29, 1.82) is 0 Å². The highest BCUT2D eigenvalue weighted by Gasteiger charge is 2.35. The average molecular weight is 566 g/mol. The fraction of sp³-hybridized carbons (Fsp3) is 0.667. The summed E-state index contributed by atoms with van der Waals surface area (Å²) in [5, 5.41) is 1.47. The van der Waals surface area contributed by atoms with E-state index in [0.717, 1.165) is 56.8 Å². The van der Waals surface area contributed by atoms with Crippen LogP contribution in [0, 0.1) is 5.92 Å². The highest BCUT2D eigenvalue weighted by molar-refractivity contribution is 6.26. The predicted molar refractivity (Wildman–Crippen MR) is 170 cm³/mol. The number of ether oxygens (including phenoxy) is 2. The molecule has 0 N–H and O–H groups in total. The Morgan fingerprint density at radius 1 is 0.585 bits per heavy atom. The SMILES string of the molecule is CCCCCCCCOc1ccc2c3c(ccc(OCCCCCCCC)c13)C(=O)N(CC(CC)CCCC)C2=O. The molecular formula is C36H55NO4. The summed E-state index contributed by atoms with van der Waals surface area (Å²) in [6, 6.07) is 7.54. The van der Waals surface area contributed by atoms with Gasteiger partial charge >= 0.3 is 0 Å². The second-order valence-electron chi connectivity index (χ2n) is 11.8. The fourth-order valence-corrected chi connectivity index (χ4v) is 5.88. The molecule has 0 radical (unpaired) electrons. The van der Waals surface area contributed by atoms with Crippen LogP contribution >= 0.6 is 0 Å². The molecule has 0 bridgehead atoms. The lowest BCUT2D eigenvalue weighted by molar-refractivity contribution is 0.0580. The Bertz CT molecular complexity index is 1020. The maximum Gasteiger partial charge on any atom is 0.261 e. The molecule has 2 aromatic carbocycles. The molecule has 0 spiro atoms. The molecule has 1 aliphatic heterocycles. The van der Waals surface area contributed by atoms with Gasteiger partial charge in [0, 0.05) is 23.1 Å². The molecule has 41 heavy (non-hydrogen) atoms. The lowest BCUT2D eigenvalue weighted by Gasteiger charge is -2.31. The number of amides is 2. The molecule has 1 heterocycles. The lowest BCUT2D eigenvalue weighted by atomic mass is 9.91. The van der Waals surface area contributed by atoms with Gasteiger partial charge in [0.15, 0.2) is 0 Å². The van der Waals surface area contributed by atoms with E-state index in [0.29, 0.717) is 53.7 Å². The van der Waals surface area contributed by atoms with Gasteiger partial charge in [-0.25, -0.2) is 0 Å². The summed E-state index contributed by atoms with van der Waals surface area (Å²) in [7, 11) is 0. The smallest absolute Gasteiger partial charge is 0.261 e. The van der Waals surface area contributed by atoms with Gasteiger partial charge in [-0.2, -0.15) is 0 Å². The van der Waals surface area contributed by atoms with Gasteiger partial charge in [0.1, 0.15) is 11.5 Å². The highest BCUT2D eigenvalue weighted by Crippen LogP contribution is 2.41. The second-order valence-corrected chi connectivity index (χ2v) is 11.8. The van der Waals surface area contributed by atoms with E-state index in [1.54, 1.807) is 0 Å². The van der Waals surface area contributed by atoms with Gasteiger partial charge < -0.3 is 9.47 Å². The lowest BCUT2D eigenvalue weighted by Crippen LogP contribution is -2.43. The van der Waals surface area contributed by atoms with Crippen LogP contribution in [0.25, 0.3) is 10.8 Å². The molecule has 2 aromatic rings. The van der Waals surface area contributed by atoms with Crippen molar-refractivity contribution in [2.45, 2.75) is 130 Å². The summed E-state index contributed by atoms with van der Waals surface area (Å²) in [5.74, 6) is 1.34. The average Bonchev–Trinajstić information content (AvgIpc) is 2.99. The topological polar surface area (TPSA) is 55.8 Å². The van der Waals surface area contributed by atoms with Crippen molar-refractivity contribution < 1.29 is 19.1 Å². The van der Waals surface area contributed by atoms with Crippen LogP contribution in [0.2, 0.25) is 0 Å². The Kier molecular flexibility index (Phi) is 14.5. The van der Waals surface area contributed by atoms with E-state index in [-0.39, 0.29) is 11.8 Å². The number of nitrogens with zero attached hydrogens (tertiary/aromatic N) is 1. The zero-order valence-electron chi connectivity index (χ0n) is 26.4. The number of carbonyl (C=O) groups is 2. The van der Waals surface area contributed by atoms with Crippen LogP contribution in [-0.4, -0.2) is 36.5 Å². The van der Waals surface area contributed by atoms with Crippen molar-refractivity contribution in [3.63, 3.8) is 0 Å². The van der Waals surface area contributed by atoms with Crippen LogP contribution < -0.4 is 9.47 Å². The van der Waals surface area contributed by atoms with E-state index in [2.05, 4.69) is 27.7 Å². The number of hydrogen-bond donors (Lipinski definition) is 0. The Morgan fingerprint density at radius 2 is 1.05 bits per heavy atom. The van der Waals surface area contributed by atoms with Crippen molar-refractivity contribution in [3.8, 4) is 11.5 Å². The first-order valence-corrected chi connectivity index (χ1v) is 16.8. The normalized spacial score (nSPS) is 13.7. The minimum atomic E-state index is -0.196. The Hall–Kier alpha value is -2.56. The monoisotopic (exact) mass is 565 g/mol. The van der Waals surface area contributed by atoms with Crippen molar-refractivity contribution in [3.05, 3.63) is 35.4 Å². The van der Waals surface area contributed by atoms with E-state index >= 15 is 0 Å². The Morgan fingerprint density at radius 3 is 1.51 bits per heavy atom. The highest BCUT2D eigenvalue weighted by atomic mass is 16.5. The third-order valence-corrected chi connectivity index (χ3v) is 8.53. The van der Waals surface area contributed by atoms with E-state index in [9.17, 15) is 9.59 Å². The standard InChI is InChI=1S/C36H55NO4/c1-5-9-12-14-16-18-25-40-31-23-21-29-33-30(36(39)37(35(29)38)27-28(8-4)20-11-7-3)22-24-32(34(31)33)41-26-19-17-15-13-10-6-2/h21-24,28H,5-20,25-27H2,1-4H3. The summed E-state index contributed by atoms with van der Waals surface area (Å²) in [5.41, 5.74) is 1.16. The van der Waals surface area contributed by atoms with E-state index in [4.69, 9.17) is 9.47 Å². The molecule has 5 heteroatoms. The summed E-state index contributed by atoms with van der Waals surface area (Å²) in [6.45, 7) is 10.5. The van der Waals surface area contributed by atoms with Gasteiger partial charge in [0.05, 0.1) is 18.6 Å². The first kappa shape index (κ1) is 32.9. The van der Waals surface area contributed by atoms with Crippen molar-refractivity contribution >= 4 is 22.6 Å². The minimum Gasteiger partial charge on any atom is -0.493 e. The van der Waals surface area contributed by atoms with E-state index < -0.39 is 0 Å². The molecule has 1 unspecified atom stereocenters. The minimum absolute atomic E-state index is 0.196. The number of hydrogen-bond acceptors (Lipinski definition) is 4. The molecule has 0 saturated heterocycles. The molecule has 0 aromatic heterocycles. The van der Waals surface area contributed by atoms with Crippen LogP contribution in [0.4, 0.5) is 0 Å². The molecule has 0 aliphatic carbocycles. The van der Waals surface area contributed by atoms with Crippen molar-refractivity contribution in [1.82, 2.24) is 4.90 Å². The van der Waals surface area contributed by atoms with E-state index in [1.165, 1.54) is 56.3 Å². The number of imide groups is 1. The third-order valence-electron chi connectivity index (χ3n) is 8.53. The van der Waals surface area contributed by atoms with E-state index in [1.807, 2.05) is 24.3 Å². The quantitative estimate of drug-likeness (QED) is 0.105. The van der Waals surface area contributed by atoms with Crippen LogP contribution in [-0.2, 0) is 0 Å². The van der Waals surface area contributed by atoms with Gasteiger partial charge in [-0.3, -0.25) is 14.5 Å². The third kappa shape index (κ3) is 9.21. The zero-order chi connectivity index (χ0) is 29.5. The first-order valence-electron chi connectivity index (χ1n) is 16.8. The molecule has 228 valence electrons.